The molecule has 1 aliphatic heterocycles. The van der Waals surface area contributed by atoms with Gasteiger partial charge in [0.25, 0.3) is 0 Å². The Kier molecular flexibility index (Phi) is 6.56. The van der Waals surface area contributed by atoms with Gasteiger partial charge in [-0.1, -0.05) is 98.3 Å². The Morgan fingerprint density at radius 1 is 0.771 bits per heavy atom. The average Bonchev–Trinajstić information content (AvgIpc) is 3.72. The summed E-state index contributed by atoms with van der Waals surface area (Å²) in [5, 5.41) is 0. The van der Waals surface area contributed by atoms with Gasteiger partial charge in [0.2, 0.25) is 0 Å². The van der Waals surface area contributed by atoms with Gasteiger partial charge in [-0.3, -0.25) is 0 Å². The second kappa shape index (κ2) is 9.93. The molecule has 0 saturated carbocycles. The topological polar surface area (TPSA) is 12.5 Å². The zero-order chi connectivity index (χ0) is 24.4. The van der Waals surface area contributed by atoms with Crippen molar-refractivity contribution in [1.29, 1.82) is 0 Å². The fourth-order valence-corrected chi connectivity index (χ4v) is 4.22. The number of aryl methyl sites for hydroxylation is 1. The number of rotatable bonds is 7. The zero-order valence-electron chi connectivity index (χ0n) is 19.4. The van der Waals surface area contributed by atoms with Gasteiger partial charge in [-0.25, -0.2) is 13.2 Å². The third-order valence-electron chi connectivity index (χ3n) is 6.29. The molecule has 176 valence electrons. The third kappa shape index (κ3) is 5.08. The van der Waals surface area contributed by atoms with Crippen LogP contribution in [0.3, 0.4) is 0 Å². The lowest BCUT2D eigenvalue weighted by molar-refractivity contribution is 0.415. The van der Waals surface area contributed by atoms with Gasteiger partial charge in [0.1, 0.15) is 11.9 Å². The third-order valence-corrected chi connectivity index (χ3v) is 6.29. The molecule has 5 rings (SSSR count). The predicted molar refractivity (Wildman–Crippen MR) is 135 cm³/mol. The minimum atomic E-state index is -0.880. The Balaban J connectivity index is 1.32. The molecule has 1 saturated heterocycles. The Morgan fingerprint density at radius 2 is 1.43 bits per heavy atom. The standard InChI is InChI=1S/C31H25F3O/c1-2-3-20-4-11-23(12-5-20)27-17-14-24(30(33)31(27)34)13-8-21-6-9-22(10-7-21)26-16-15-25(18-28(26)32)29-19-35-29/h4-18,29H,2-3,19H2,1H3/b13-8+. The summed E-state index contributed by atoms with van der Waals surface area (Å²) in [4.78, 5) is 0. The number of hydrogen-bond acceptors (Lipinski definition) is 1. The molecular weight excluding hydrogens is 445 g/mol. The van der Waals surface area contributed by atoms with E-state index < -0.39 is 11.6 Å². The lowest BCUT2D eigenvalue weighted by atomic mass is 9.99. The highest BCUT2D eigenvalue weighted by Crippen LogP contribution is 2.33. The molecule has 0 spiro atoms. The second-order valence-electron chi connectivity index (χ2n) is 8.79. The lowest BCUT2D eigenvalue weighted by Gasteiger charge is -2.08. The Labute approximate surface area is 203 Å². The van der Waals surface area contributed by atoms with E-state index in [2.05, 4.69) is 6.92 Å². The second-order valence-corrected chi connectivity index (χ2v) is 8.79. The molecule has 4 aromatic rings. The van der Waals surface area contributed by atoms with E-state index in [0.29, 0.717) is 17.7 Å². The van der Waals surface area contributed by atoms with Crippen LogP contribution < -0.4 is 0 Å². The molecule has 0 amide bonds. The first kappa shape index (κ1) is 23.1. The van der Waals surface area contributed by atoms with E-state index in [0.717, 1.165) is 29.5 Å². The SMILES string of the molecule is CCCc1ccc(-c2ccc(/C=C/c3ccc(-c4ccc(C5CO5)cc4F)cc3)c(F)c2F)cc1. The molecule has 4 heteroatoms. The summed E-state index contributed by atoms with van der Waals surface area (Å²) in [5.41, 5.74) is 5.14. The maximum atomic E-state index is 14.8. The van der Waals surface area contributed by atoms with Crippen molar-refractivity contribution in [2.75, 3.05) is 6.61 Å². The van der Waals surface area contributed by atoms with Gasteiger partial charge in [-0.15, -0.1) is 0 Å². The summed E-state index contributed by atoms with van der Waals surface area (Å²) in [6.45, 7) is 2.74. The first-order valence-electron chi connectivity index (χ1n) is 11.8. The van der Waals surface area contributed by atoms with E-state index in [-0.39, 0.29) is 23.0 Å². The van der Waals surface area contributed by atoms with Gasteiger partial charge in [0, 0.05) is 16.7 Å². The molecule has 0 aliphatic carbocycles. The van der Waals surface area contributed by atoms with Gasteiger partial charge >= 0.3 is 0 Å². The van der Waals surface area contributed by atoms with Crippen LogP contribution in [0.5, 0.6) is 0 Å². The highest BCUT2D eigenvalue weighted by atomic mass is 19.2. The normalized spacial score (nSPS) is 15.0. The summed E-state index contributed by atoms with van der Waals surface area (Å²) in [6, 6.07) is 23.2. The van der Waals surface area contributed by atoms with Crippen LogP contribution in [0.15, 0.2) is 78.9 Å². The van der Waals surface area contributed by atoms with Crippen molar-refractivity contribution in [3.8, 4) is 22.3 Å². The minimum absolute atomic E-state index is 0.0108. The summed E-state index contributed by atoms with van der Waals surface area (Å²) in [6.07, 6.45) is 5.26. The summed E-state index contributed by atoms with van der Waals surface area (Å²) in [7, 11) is 0. The van der Waals surface area contributed by atoms with Crippen LogP contribution in [0.4, 0.5) is 13.2 Å². The lowest BCUT2D eigenvalue weighted by Crippen LogP contribution is -1.94. The number of benzene rings is 4. The predicted octanol–water partition coefficient (Wildman–Crippen LogP) is 8.63. The highest BCUT2D eigenvalue weighted by Gasteiger charge is 2.25. The monoisotopic (exact) mass is 470 g/mol. The quantitative estimate of drug-likeness (QED) is 0.195. The van der Waals surface area contributed by atoms with Crippen molar-refractivity contribution < 1.29 is 17.9 Å². The molecule has 4 aromatic carbocycles. The number of epoxide rings is 1. The molecule has 35 heavy (non-hydrogen) atoms. The molecule has 1 fully saturated rings. The fraction of sp³-hybridized carbons (Fsp3) is 0.161. The van der Waals surface area contributed by atoms with Crippen molar-refractivity contribution >= 4 is 12.2 Å². The highest BCUT2D eigenvalue weighted by molar-refractivity contribution is 5.74. The van der Waals surface area contributed by atoms with E-state index in [1.165, 1.54) is 11.6 Å². The van der Waals surface area contributed by atoms with Gasteiger partial charge in [-0.05, 0) is 40.3 Å². The Hall–Kier alpha value is -3.63. The van der Waals surface area contributed by atoms with Crippen molar-refractivity contribution in [2.45, 2.75) is 25.9 Å². The summed E-state index contributed by atoms with van der Waals surface area (Å²) >= 11 is 0. The van der Waals surface area contributed by atoms with Crippen LogP contribution in [0, 0.1) is 17.5 Å². The van der Waals surface area contributed by atoms with Gasteiger partial charge in [-0.2, -0.15) is 0 Å². The smallest absolute Gasteiger partial charge is 0.167 e. The van der Waals surface area contributed by atoms with E-state index in [1.54, 1.807) is 30.4 Å². The summed E-state index contributed by atoms with van der Waals surface area (Å²) in [5.74, 6) is -2.03. The molecule has 0 radical (unpaired) electrons. The molecule has 1 nitrogen and oxygen atoms in total. The van der Waals surface area contributed by atoms with Crippen LogP contribution in [-0.4, -0.2) is 6.61 Å². The van der Waals surface area contributed by atoms with Crippen molar-refractivity contribution in [2.24, 2.45) is 0 Å². The van der Waals surface area contributed by atoms with Crippen LogP contribution in [0.25, 0.3) is 34.4 Å². The Morgan fingerprint density at radius 3 is 2.09 bits per heavy atom. The van der Waals surface area contributed by atoms with Gasteiger partial charge in [0.05, 0.1) is 6.61 Å². The molecule has 1 unspecified atom stereocenters. The zero-order valence-corrected chi connectivity index (χ0v) is 19.4. The number of ether oxygens (including phenoxy) is 1. The maximum absolute atomic E-state index is 14.8. The van der Waals surface area contributed by atoms with Crippen LogP contribution >= 0.6 is 0 Å². The largest absolute Gasteiger partial charge is 0.368 e. The van der Waals surface area contributed by atoms with Crippen molar-refractivity contribution in [1.82, 2.24) is 0 Å². The fourth-order valence-electron chi connectivity index (χ4n) is 4.22. The molecule has 1 aliphatic rings. The molecule has 1 heterocycles. The van der Waals surface area contributed by atoms with Crippen molar-refractivity contribution in [3.63, 3.8) is 0 Å². The van der Waals surface area contributed by atoms with Crippen LogP contribution in [0.2, 0.25) is 0 Å². The summed E-state index contributed by atoms with van der Waals surface area (Å²) < 4.78 is 49.4. The van der Waals surface area contributed by atoms with E-state index in [1.807, 2.05) is 54.6 Å². The van der Waals surface area contributed by atoms with Gasteiger partial charge in [0.15, 0.2) is 11.6 Å². The minimum Gasteiger partial charge on any atom is -0.368 e. The van der Waals surface area contributed by atoms with Crippen molar-refractivity contribution in [3.05, 3.63) is 119 Å². The van der Waals surface area contributed by atoms with Gasteiger partial charge < -0.3 is 4.74 Å². The molecule has 1 atom stereocenters. The first-order valence-corrected chi connectivity index (χ1v) is 11.8. The van der Waals surface area contributed by atoms with Crippen LogP contribution in [0.1, 0.15) is 41.7 Å². The van der Waals surface area contributed by atoms with E-state index in [4.69, 9.17) is 4.74 Å². The average molecular weight is 471 g/mol. The van der Waals surface area contributed by atoms with E-state index in [9.17, 15) is 13.2 Å². The molecule has 0 bridgehead atoms. The number of hydrogen-bond donors (Lipinski definition) is 0. The Bertz CT molecular complexity index is 1370. The van der Waals surface area contributed by atoms with Crippen LogP contribution in [-0.2, 0) is 11.2 Å². The molecule has 0 aromatic heterocycles. The van der Waals surface area contributed by atoms with E-state index >= 15 is 0 Å². The number of halogens is 3. The molecular formula is C31H25F3O. The maximum Gasteiger partial charge on any atom is 0.167 e. The molecule has 0 N–H and O–H groups in total. The first-order chi connectivity index (χ1) is 17.0.